The van der Waals surface area contributed by atoms with Gasteiger partial charge in [-0.05, 0) is 38.9 Å². The van der Waals surface area contributed by atoms with Crippen LogP contribution < -0.4 is 10.6 Å². The summed E-state index contributed by atoms with van der Waals surface area (Å²) >= 11 is 0. The third kappa shape index (κ3) is 3.31. The normalized spacial score (nSPS) is 10.6. The summed E-state index contributed by atoms with van der Waals surface area (Å²) in [5.41, 5.74) is 7.97. The molecule has 0 bridgehead atoms. The molecule has 1 aromatic carbocycles. The van der Waals surface area contributed by atoms with E-state index in [2.05, 4.69) is 5.10 Å². The van der Waals surface area contributed by atoms with Crippen molar-refractivity contribution in [1.82, 2.24) is 9.78 Å². The maximum Gasteiger partial charge on any atom is 0.261 e. The summed E-state index contributed by atoms with van der Waals surface area (Å²) < 4.78 is 1.85. The summed E-state index contributed by atoms with van der Waals surface area (Å²) in [6.07, 6.45) is 2.51. The minimum atomic E-state index is -0.0137. The molecule has 0 aliphatic rings. The third-order valence-corrected chi connectivity index (χ3v) is 3.54. The van der Waals surface area contributed by atoms with Crippen LogP contribution in [0.2, 0.25) is 0 Å². The van der Waals surface area contributed by atoms with Crippen LogP contribution in [0, 0.1) is 6.92 Å². The zero-order chi connectivity index (χ0) is 15.2. The number of carbonyl (C=O) groups excluding carboxylic acids is 1. The van der Waals surface area contributed by atoms with E-state index in [9.17, 15) is 4.79 Å². The molecule has 2 N–H and O–H groups in total. The fourth-order valence-corrected chi connectivity index (χ4v) is 2.32. The highest BCUT2D eigenvalue weighted by atomic mass is 16.2. The Kier molecular flexibility index (Phi) is 5.11. The van der Waals surface area contributed by atoms with Gasteiger partial charge >= 0.3 is 0 Å². The van der Waals surface area contributed by atoms with Crippen LogP contribution in [0.1, 0.15) is 29.4 Å². The summed E-state index contributed by atoms with van der Waals surface area (Å²) in [5.74, 6) is -0.0137. The van der Waals surface area contributed by atoms with Crippen molar-refractivity contribution in [3.05, 3.63) is 47.8 Å². The molecule has 1 amide bonds. The van der Waals surface area contributed by atoms with Crippen molar-refractivity contribution in [2.24, 2.45) is 5.73 Å². The van der Waals surface area contributed by atoms with Gasteiger partial charge in [-0.25, -0.2) is 0 Å². The average molecular weight is 286 g/mol. The van der Waals surface area contributed by atoms with Crippen LogP contribution in [0.4, 0.5) is 5.69 Å². The molecule has 0 saturated carbocycles. The first kappa shape index (κ1) is 15.3. The van der Waals surface area contributed by atoms with Crippen molar-refractivity contribution in [1.29, 1.82) is 0 Å². The number of nitrogens with zero attached hydrogens (tertiary/aromatic N) is 3. The second-order valence-electron chi connectivity index (χ2n) is 4.89. The largest absolute Gasteiger partial charge is 0.330 e. The number of aromatic nitrogens is 2. The van der Waals surface area contributed by atoms with Crippen molar-refractivity contribution in [2.75, 3.05) is 18.0 Å². The first-order valence-corrected chi connectivity index (χ1v) is 7.28. The summed E-state index contributed by atoms with van der Waals surface area (Å²) in [5, 5.41) is 4.30. The van der Waals surface area contributed by atoms with E-state index in [1.54, 1.807) is 11.1 Å². The molecule has 0 aliphatic heterocycles. The first-order chi connectivity index (χ1) is 10.2. The summed E-state index contributed by atoms with van der Waals surface area (Å²) in [4.78, 5) is 14.5. The van der Waals surface area contributed by atoms with Gasteiger partial charge in [-0.1, -0.05) is 18.2 Å². The van der Waals surface area contributed by atoms with Crippen molar-refractivity contribution in [3.8, 4) is 0 Å². The fourth-order valence-electron chi connectivity index (χ4n) is 2.32. The van der Waals surface area contributed by atoms with Crippen LogP contribution in [-0.4, -0.2) is 28.8 Å². The number of anilines is 1. The van der Waals surface area contributed by atoms with Gasteiger partial charge in [0.1, 0.15) is 0 Å². The van der Waals surface area contributed by atoms with Gasteiger partial charge in [-0.2, -0.15) is 5.10 Å². The van der Waals surface area contributed by atoms with Gasteiger partial charge in [-0.3, -0.25) is 9.48 Å². The number of hydrogen-bond acceptors (Lipinski definition) is 3. The predicted octanol–water partition coefficient (Wildman–Crippen LogP) is 2.21. The third-order valence-electron chi connectivity index (χ3n) is 3.54. The Balaban J connectivity index is 2.24. The Bertz CT molecular complexity index is 592. The minimum Gasteiger partial charge on any atom is -0.330 e. The topological polar surface area (TPSA) is 64.2 Å². The lowest BCUT2D eigenvalue weighted by atomic mass is 10.2. The van der Waals surface area contributed by atoms with Gasteiger partial charge in [0.25, 0.3) is 5.91 Å². The van der Waals surface area contributed by atoms with Crippen LogP contribution in [0.25, 0.3) is 0 Å². The smallest absolute Gasteiger partial charge is 0.261 e. The molecule has 0 aliphatic carbocycles. The van der Waals surface area contributed by atoms with Crippen LogP contribution in [0.15, 0.2) is 36.5 Å². The molecule has 0 atom stereocenters. The van der Waals surface area contributed by atoms with Gasteiger partial charge in [0.15, 0.2) is 0 Å². The Labute approximate surface area is 125 Å². The lowest BCUT2D eigenvalue weighted by Gasteiger charge is -2.20. The number of benzene rings is 1. The van der Waals surface area contributed by atoms with Gasteiger partial charge < -0.3 is 10.6 Å². The molecule has 0 unspecified atom stereocenters. The first-order valence-electron chi connectivity index (χ1n) is 7.28. The Morgan fingerprint density at radius 1 is 1.33 bits per heavy atom. The molecule has 2 aromatic rings. The zero-order valence-electron chi connectivity index (χ0n) is 12.6. The number of nitrogens with two attached hydrogens (primary N) is 1. The van der Waals surface area contributed by atoms with E-state index in [1.807, 2.05) is 48.9 Å². The monoisotopic (exact) mass is 286 g/mol. The molecular formula is C16H22N4O. The maximum absolute atomic E-state index is 12.7. The van der Waals surface area contributed by atoms with E-state index in [1.165, 1.54) is 0 Å². The minimum absolute atomic E-state index is 0.0137. The standard InChI is InChI=1S/C16H22N4O/c1-3-19(14-8-5-4-6-9-14)16(21)15-12-18-20(13(15)2)11-7-10-17/h4-6,8-9,12H,3,7,10-11,17H2,1-2H3. The molecule has 0 radical (unpaired) electrons. The Hall–Kier alpha value is -2.14. The fraction of sp³-hybridized carbons (Fsp3) is 0.375. The predicted molar refractivity (Wildman–Crippen MR) is 84.4 cm³/mol. The second kappa shape index (κ2) is 7.04. The Morgan fingerprint density at radius 2 is 2.05 bits per heavy atom. The highest BCUT2D eigenvalue weighted by Gasteiger charge is 2.20. The van der Waals surface area contributed by atoms with Crippen molar-refractivity contribution >= 4 is 11.6 Å². The van der Waals surface area contributed by atoms with Crippen LogP contribution in [0.5, 0.6) is 0 Å². The van der Waals surface area contributed by atoms with E-state index in [4.69, 9.17) is 5.73 Å². The average Bonchev–Trinajstić information content (AvgIpc) is 2.88. The summed E-state index contributed by atoms with van der Waals surface area (Å²) in [6.45, 7) is 5.88. The van der Waals surface area contributed by atoms with E-state index in [0.29, 0.717) is 18.7 Å². The van der Waals surface area contributed by atoms with Crippen molar-refractivity contribution in [3.63, 3.8) is 0 Å². The Morgan fingerprint density at radius 3 is 2.67 bits per heavy atom. The molecule has 0 fully saturated rings. The summed E-state index contributed by atoms with van der Waals surface area (Å²) in [6, 6.07) is 9.69. The molecule has 2 rings (SSSR count). The van der Waals surface area contributed by atoms with Gasteiger partial charge in [0.2, 0.25) is 0 Å². The number of rotatable bonds is 6. The van der Waals surface area contributed by atoms with Crippen molar-refractivity contribution in [2.45, 2.75) is 26.8 Å². The molecule has 21 heavy (non-hydrogen) atoms. The van der Waals surface area contributed by atoms with E-state index in [0.717, 1.165) is 24.3 Å². The van der Waals surface area contributed by atoms with E-state index < -0.39 is 0 Å². The molecule has 0 spiro atoms. The molecule has 5 nitrogen and oxygen atoms in total. The molecule has 1 aromatic heterocycles. The molecule has 0 saturated heterocycles. The number of carbonyl (C=O) groups is 1. The SMILES string of the molecule is CCN(C(=O)c1cnn(CCCN)c1C)c1ccccc1. The quantitative estimate of drug-likeness (QED) is 0.885. The van der Waals surface area contributed by atoms with Gasteiger partial charge in [0, 0.05) is 24.5 Å². The number of hydrogen-bond donors (Lipinski definition) is 1. The van der Waals surface area contributed by atoms with Gasteiger partial charge in [-0.15, -0.1) is 0 Å². The van der Waals surface area contributed by atoms with E-state index >= 15 is 0 Å². The lowest BCUT2D eigenvalue weighted by molar-refractivity contribution is 0.0987. The molecule has 5 heteroatoms. The summed E-state index contributed by atoms with van der Waals surface area (Å²) in [7, 11) is 0. The number of para-hydroxylation sites is 1. The van der Waals surface area contributed by atoms with Crippen LogP contribution in [0.3, 0.4) is 0 Å². The van der Waals surface area contributed by atoms with Crippen LogP contribution >= 0.6 is 0 Å². The number of aryl methyl sites for hydroxylation is 1. The van der Waals surface area contributed by atoms with Gasteiger partial charge in [0.05, 0.1) is 11.8 Å². The maximum atomic E-state index is 12.7. The lowest BCUT2D eigenvalue weighted by Crippen LogP contribution is -2.30. The highest BCUT2D eigenvalue weighted by molar-refractivity contribution is 6.06. The van der Waals surface area contributed by atoms with Crippen LogP contribution in [-0.2, 0) is 6.54 Å². The molecule has 112 valence electrons. The van der Waals surface area contributed by atoms with E-state index in [-0.39, 0.29) is 5.91 Å². The molecular weight excluding hydrogens is 264 g/mol. The number of amides is 1. The second-order valence-corrected chi connectivity index (χ2v) is 4.89. The zero-order valence-corrected chi connectivity index (χ0v) is 12.6. The highest BCUT2D eigenvalue weighted by Crippen LogP contribution is 2.18. The molecule has 1 heterocycles. The van der Waals surface area contributed by atoms with Crippen molar-refractivity contribution < 1.29 is 4.79 Å².